The maximum Gasteiger partial charge on any atom is 0.252 e. The van der Waals surface area contributed by atoms with Gasteiger partial charge in [0.25, 0.3) is 5.91 Å². The molecule has 2 aliphatic heterocycles. The number of carbonyl (C=O) groups excluding carboxylic acids is 2. The predicted molar refractivity (Wildman–Crippen MR) is 121 cm³/mol. The van der Waals surface area contributed by atoms with Gasteiger partial charge in [-0.1, -0.05) is 12.8 Å². The number of carbonyl (C=O) groups is 2. The van der Waals surface area contributed by atoms with E-state index in [1.165, 1.54) is 6.42 Å². The number of hydrogen-bond donors (Lipinski definition) is 2. The van der Waals surface area contributed by atoms with Crippen molar-refractivity contribution in [3.8, 4) is 0 Å². The first-order chi connectivity index (χ1) is 15.1. The van der Waals surface area contributed by atoms with Crippen LogP contribution in [0.5, 0.6) is 0 Å². The zero-order valence-electron chi connectivity index (χ0n) is 18.6. The molecule has 7 nitrogen and oxygen atoms in total. The number of likely N-dealkylation sites (tertiary alicyclic amines) is 1. The van der Waals surface area contributed by atoms with Gasteiger partial charge in [0.1, 0.15) is 5.65 Å². The van der Waals surface area contributed by atoms with E-state index in [0.717, 1.165) is 63.8 Å². The molecule has 7 heteroatoms. The Labute approximate surface area is 184 Å². The van der Waals surface area contributed by atoms with Gasteiger partial charge >= 0.3 is 0 Å². The fourth-order valence-corrected chi connectivity index (χ4v) is 4.97. The lowest BCUT2D eigenvalue weighted by Crippen LogP contribution is -2.50. The van der Waals surface area contributed by atoms with Crippen LogP contribution in [-0.4, -0.2) is 58.3 Å². The summed E-state index contributed by atoms with van der Waals surface area (Å²) in [5, 5.41) is 6.47. The zero-order chi connectivity index (χ0) is 21.6. The molecule has 0 bridgehead atoms. The highest BCUT2D eigenvalue weighted by molar-refractivity contribution is 5.94. The molecule has 0 radical (unpaired) electrons. The minimum atomic E-state index is -0.0335. The number of nitrogens with zero attached hydrogens (tertiary/aromatic N) is 3. The first-order valence-electron chi connectivity index (χ1n) is 11.8. The highest BCUT2D eigenvalue weighted by Gasteiger charge is 2.32. The number of aromatic nitrogens is 2. The van der Waals surface area contributed by atoms with Crippen molar-refractivity contribution in [2.24, 2.45) is 11.8 Å². The lowest BCUT2D eigenvalue weighted by atomic mass is 9.87. The van der Waals surface area contributed by atoms with Crippen molar-refractivity contribution >= 4 is 17.5 Å². The van der Waals surface area contributed by atoms with Crippen LogP contribution in [0.25, 0.3) is 5.65 Å². The molecule has 4 heterocycles. The molecule has 2 amide bonds. The summed E-state index contributed by atoms with van der Waals surface area (Å²) in [6.45, 7) is 5.68. The molecule has 0 aromatic carbocycles. The lowest BCUT2D eigenvalue weighted by molar-refractivity contribution is -0.138. The second kappa shape index (κ2) is 10.3. The minimum Gasteiger partial charge on any atom is -0.352 e. The van der Waals surface area contributed by atoms with Gasteiger partial charge in [0, 0.05) is 44.3 Å². The van der Waals surface area contributed by atoms with Crippen molar-refractivity contribution in [3.05, 3.63) is 36.3 Å². The SMILES string of the molecule is CC1NCCCC1C(=O)N1CCC(CCCCNC(=O)c2ccc3nccn3c2)CC1. The summed E-state index contributed by atoms with van der Waals surface area (Å²) in [6, 6.07) is 3.98. The summed E-state index contributed by atoms with van der Waals surface area (Å²) in [7, 11) is 0. The maximum atomic E-state index is 12.8. The van der Waals surface area contributed by atoms with Crippen molar-refractivity contribution in [1.29, 1.82) is 0 Å². The van der Waals surface area contributed by atoms with Crippen molar-refractivity contribution in [3.63, 3.8) is 0 Å². The average molecular weight is 426 g/mol. The van der Waals surface area contributed by atoms with Gasteiger partial charge in [-0.05, 0) is 63.6 Å². The summed E-state index contributed by atoms with van der Waals surface area (Å²) in [4.78, 5) is 31.5. The summed E-state index contributed by atoms with van der Waals surface area (Å²) in [5.41, 5.74) is 1.50. The number of fused-ring (bicyclic) bond motifs is 1. The Bertz CT molecular complexity index is 887. The quantitative estimate of drug-likeness (QED) is 0.669. The third kappa shape index (κ3) is 5.45. The van der Waals surface area contributed by atoms with Crippen LogP contribution in [0.1, 0.15) is 62.2 Å². The number of pyridine rings is 1. The number of amides is 2. The Balaban J connectivity index is 1.11. The molecule has 2 atom stereocenters. The van der Waals surface area contributed by atoms with Crippen molar-refractivity contribution in [2.45, 2.75) is 57.9 Å². The van der Waals surface area contributed by atoms with Crippen LogP contribution in [0, 0.1) is 11.8 Å². The smallest absolute Gasteiger partial charge is 0.252 e. The normalized spacial score (nSPS) is 22.5. The Kier molecular flexibility index (Phi) is 7.22. The molecule has 2 aliphatic rings. The van der Waals surface area contributed by atoms with Crippen LogP contribution in [0.2, 0.25) is 0 Å². The Morgan fingerprint density at radius 2 is 2.03 bits per heavy atom. The van der Waals surface area contributed by atoms with Gasteiger partial charge in [-0.3, -0.25) is 9.59 Å². The molecule has 168 valence electrons. The molecule has 2 saturated heterocycles. The van der Waals surface area contributed by atoms with Crippen LogP contribution >= 0.6 is 0 Å². The summed E-state index contributed by atoms with van der Waals surface area (Å²) < 4.78 is 1.86. The largest absolute Gasteiger partial charge is 0.352 e. The average Bonchev–Trinajstić information content (AvgIpc) is 3.27. The third-order valence-electron chi connectivity index (χ3n) is 6.98. The highest BCUT2D eigenvalue weighted by Crippen LogP contribution is 2.26. The van der Waals surface area contributed by atoms with Gasteiger partial charge in [0.2, 0.25) is 5.91 Å². The summed E-state index contributed by atoms with van der Waals surface area (Å²) in [6.07, 6.45) is 13.0. The first kappa shape index (κ1) is 21.8. The number of rotatable bonds is 7. The number of hydrogen-bond acceptors (Lipinski definition) is 4. The molecule has 2 aromatic heterocycles. The fourth-order valence-electron chi connectivity index (χ4n) is 4.97. The second-order valence-electron chi connectivity index (χ2n) is 9.12. The molecule has 0 aliphatic carbocycles. The van der Waals surface area contributed by atoms with E-state index < -0.39 is 0 Å². The molecular formula is C24H35N5O2. The topological polar surface area (TPSA) is 78.7 Å². The highest BCUT2D eigenvalue weighted by atomic mass is 16.2. The van der Waals surface area contributed by atoms with E-state index in [1.807, 2.05) is 28.9 Å². The number of imidazole rings is 1. The van der Waals surface area contributed by atoms with Gasteiger partial charge in [-0.25, -0.2) is 4.98 Å². The van der Waals surface area contributed by atoms with Gasteiger partial charge in [0.05, 0.1) is 11.5 Å². The molecule has 2 unspecified atom stereocenters. The third-order valence-corrected chi connectivity index (χ3v) is 6.98. The molecular weight excluding hydrogens is 390 g/mol. The van der Waals surface area contributed by atoms with E-state index in [-0.39, 0.29) is 11.8 Å². The Hall–Kier alpha value is -2.41. The van der Waals surface area contributed by atoms with E-state index in [2.05, 4.69) is 27.4 Å². The van der Waals surface area contributed by atoms with E-state index in [0.29, 0.717) is 30.0 Å². The second-order valence-corrected chi connectivity index (χ2v) is 9.12. The van der Waals surface area contributed by atoms with Crippen LogP contribution < -0.4 is 10.6 Å². The Morgan fingerprint density at radius 3 is 2.84 bits per heavy atom. The molecule has 2 fully saturated rings. The number of piperidine rings is 2. The van der Waals surface area contributed by atoms with E-state index in [1.54, 1.807) is 6.20 Å². The summed E-state index contributed by atoms with van der Waals surface area (Å²) in [5.74, 6) is 1.18. The monoisotopic (exact) mass is 425 g/mol. The molecule has 0 saturated carbocycles. The minimum absolute atomic E-state index is 0.0335. The van der Waals surface area contributed by atoms with Crippen molar-refractivity contribution in [2.75, 3.05) is 26.2 Å². The first-order valence-corrected chi connectivity index (χ1v) is 11.8. The fraction of sp³-hybridized carbons (Fsp3) is 0.625. The van der Waals surface area contributed by atoms with E-state index in [9.17, 15) is 9.59 Å². The summed E-state index contributed by atoms with van der Waals surface area (Å²) >= 11 is 0. The van der Waals surface area contributed by atoms with Gasteiger partial charge in [-0.15, -0.1) is 0 Å². The van der Waals surface area contributed by atoms with E-state index in [4.69, 9.17) is 0 Å². The van der Waals surface area contributed by atoms with Gasteiger partial charge in [0.15, 0.2) is 0 Å². The van der Waals surface area contributed by atoms with Crippen LogP contribution in [0.3, 0.4) is 0 Å². The maximum absolute atomic E-state index is 12.8. The lowest BCUT2D eigenvalue weighted by Gasteiger charge is -2.37. The van der Waals surface area contributed by atoms with Crippen LogP contribution in [-0.2, 0) is 4.79 Å². The molecule has 2 aromatic rings. The van der Waals surface area contributed by atoms with Crippen LogP contribution in [0.15, 0.2) is 30.7 Å². The predicted octanol–water partition coefficient (Wildman–Crippen LogP) is 2.86. The molecule has 31 heavy (non-hydrogen) atoms. The molecule has 4 rings (SSSR count). The van der Waals surface area contributed by atoms with Crippen molar-refractivity contribution < 1.29 is 9.59 Å². The number of unbranched alkanes of at least 4 members (excludes halogenated alkanes) is 1. The van der Waals surface area contributed by atoms with Gasteiger partial charge in [-0.2, -0.15) is 0 Å². The van der Waals surface area contributed by atoms with Crippen molar-refractivity contribution in [1.82, 2.24) is 24.9 Å². The molecule has 0 spiro atoms. The van der Waals surface area contributed by atoms with Gasteiger partial charge < -0.3 is 19.9 Å². The molecule has 2 N–H and O–H groups in total. The standard InChI is InChI=1S/C24H35N5O2/c1-18-21(6-4-12-25-18)24(31)28-14-9-19(10-15-28)5-2-3-11-27-23(30)20-7-8-22-26-13-16-29(22)17-20/h7-8,13,16-19,21,25H,2-6,9-12,14-15H2,1H3,(H,27,30). The number of nitrogens with one attached hydrogen (secondary N) is 2. The zero-order valence-corrected chi connectivity index (χ0v) is 18.6. The van der Waals surface area contributed by atoms with Crippen LogP contribution in [0.4, 0.5) is 0 Å². The van der Waals surface area contributed by atoms with E-state index >= 15 is 0 Å². The Morgan fingerprint density at radius 1 is 1.19 bits per heavy atom.